The molecule has 26 heavy (non-hydrogen) atoms. The molecule has 0 radical (unpaired) electrons. The second kappa shape index (κ2) is 8.09. The molecule has 2 heterocycles. The van der Waals surface area contributed by atoms with Crippen LogP contribution in [0.2, 0.25) is 0 Å². The summed E-state index contributed by atoms with van der Waals surface area (Å²) in [7, 11) is 0. The van der Waals surface area contributed by atoms with Gasteiger partial charge in [0.2, 0.25) is 5.95 Å². The predicted octanol–water partition coefficient (Wildman–Crippen LogP) is 2.19. The molecule has 0 atom stereocenters. The maximum absolute atomic E-state index is 9.96. The van der Waals surface area contributed by atoms with Crippen LogP contribution in [0.5, 0.6) is 5.75 Å². The lowest BCUT2D eigenvalue weighted by molar-refractivity contribution is 0.292. The van der Waals surface area contributed by atoms with Gasteiger partial charge in [-0.1, -0.05) is 18.2 Å². The summed E-state index contributed by atoms with van der Waals surface area (Å²) in [6.07, 6.45) is 0.632. The van der Waals surface area contributed by atoms with E-state index in [2.05, 4.69) is 44.7 Å². The number of anilines is 4. The monoisotopic (exact) mass is 358 g/mol. The Bertz CT molecular complexity index is 752. The minimum atomic E-state index is 0.121. The number of aromatic nitrogens is 2. The number of aliphatic hydroxyl groups excluding tert-OH is 1. The van der Waals surface area contributed by atoms with E-state index in [0.29, 0.717) is 44.0 Å². The van der Waals surface area contributed by atoms with Crippen molar-refractivity contribution in [3.05, 3.63) is 29.8 Å². The van der Waals surface area contributed by atoms with Crippen LogP contribution in [0.3, 0.4) is 0 Å². The van der Waals surface area contributed by atoms with E-state index in [-0.39, 0.29) is 12.4 Å². The highest BCUT2D eigenvalue weighted by atomic mass is 16.3. The van der Waals surface area contributed by atoms with Gasteiger partial charge in [0.05, 0.1) is 6.67 Å². The third-order valence-electron chi connectivity index (χ3n) is 4.27. The Balaban J connectivity index is 1.85. The summed E-state index contributed by atoms with van der Waals surface area (Å²) < 4.78 is 0. The van der Waals surface area contributed by atoms with Crippen molar-refractivity contribution in [3.63, 3.8) is 0 Å². The first-order valence-corrected chi connectivity index (χ1v) is 8.88. The van der Waals surface area contributed by atoms with Gasteiger partial charge in [0.15, 0.2) is 11.6 Å². The van der Waals surface area contributed by atoms with Gasteiger partial charge in [-0.15, -0.1) is 0 Å². The molecule has 140 valence electrons. The first-order chi connectivity index (χ1) is 12.6. The molecular weight excluding hydrogens is 332 g/mol. The van der Waals surface area contributed by atoms with Crippen molar-refractivity contribution >= 4 is 23.3 Å². The summed E-state index contributed by atoms with van der Waals surface area (Å²) in [5.74, 6) is 2.31. The number of para-hydroxylation sites is 1. The fourth-order valence-electron chi connectivity index (χ4n) is 2.81. The maximum Gasteiger partial charge on any atom is 0.226 e. The summed E-state index contributed by atoms with van der Waals surface area (Å²) in [5.41, 5.74) is 1.66. The summed E-state index contributed by atoms with van der Waals surface area (Å²) in [4.78, 5) is 11.4. The van der Waals surface area contributed by atoms with Gasteiger partial charge < -0.3 is 31.1 Å². The zero-order valence-electron chi connectivity index (χ0n) is 15.2. The molecule has 0 amide bonds. The number of hydrogen-bond donors (Lipinski definition) is 5. The number of nitrogens with one attached hydrogen (secondary N) is 3. The standard InChI is InChI=1S/C18H26N6O2/c1-12(2)24-11-21-15-16(20-10-13-6-3-4-7-14(13)26)22-18(23-17(15)24)19-8-5-9-25/h3-4,6-7,12,21,25-26H,5,8-11H2,1-2H3,(H2,19,20,22,23). The highest BCUT2D eigenvalue weighted by Crippen LogP contribution is 2.37. The molecular formula is C18H26N6O2. The van der Waals surface area contributed by atoms with Crippen molar-refractivity contribution in [1.29, 1.82) is 0 Å². The van der Waals surface area contributed by atoms with Crippen LogP contribution in [0.15, 0.2) is 24.3 Å². The number of phenols is 1. The third-order valence-corrected chi connectivity index (χ3v) is 4.27. The molecule has 2 aromatic rings. The minimum absolute atomic E-state index is 0.121. The number of rotatable bonds is 8. The molecule has 5 N–H and O–H groups in total. The van der Waals surface area contributed by atoms with E-state index in [1.54, 1.807) is 12.1 Å². The normalized spacial score (nSPS) is 12.8. The lowest BCUT2D eigenvalue weighted by Gasteiger charge is -2.22. The van der Waals surface area contributed by atoms with E-state index in [1.165, 1.54) is 0 Å². The first kappa shape index (κ1) is 18.1. The van der Waals surface area contributed by atoms with Crippen molar-refractivity contribution < 1.29 is 10.2 Å². The Morgan fingerprint density at radius 1 is 1.23 bits per heavy atom. The van der Waals surface area contributed by atoms with E-state index < -0.39 is 0 Å². The molecule has 0 aliphatic carbocycles. The molecule has 8 heteroatoms. The summed E-state index contributed by atoms with van der Waals surface area (Å²) in [6, 6.07) is 7.53. The third kappa shape index (κ3) is 3.91. The van der Waals surface area contributed by atoms with Gasteiger partial charge in [0, 0.05) is 31.3 Å². The molecule has 8 nitrogen and oxygen atoms in total. The highest BCUT2D eigenvalue weighted by molar-refractivity contribution is 5.83. The van der Waals surface area contributed by atoms with Crippen LogP contribution in [0.25, 0.3) is 0 Å². The quantitative estimate of drug-likeness (QED) is 0.457. The Hall–Kier alpha value is -2.74. The van der Waals surface area contributed by atoms with Gasteiger partial charge >= 0.3 is 0 Å². The van der Waals surface area contributed by atoms with Gasteiger partial charge in [-0.05, 0) is 26.3 Å². The number of phenolic OH excluding ortho intramolecular Hbond substituents is 1. The molecule has 0 saturated carbocycles. The van der Waals surface area contributed by atoms with E-state index in [9.17, 15) is 5.11 Å². The topological polar surface area (TPSA) is 106 Å². The van der Waals surface area contributed by atoms with E-state index in [1.807, 2.05) is 12.1 Å². The van der Waals surface area contributed by atoms with Crippen molar-refractivity contribution in [3.8, 4) is 5.75 Å². The van der Waals surface area contributed by atoms with E-state index >= 15 is 0 Å². The smallest absolute Gasteiger partial charge is 0.226 e. The average Bonchev–Trinajstić information content (AvgIpc) is 3.05. The Labute approximate surface area is 153 Å². The average molecular weight is 358 g/mol. The minimum Gasteiger partial charge on any atom is -0.508 e. The lowest BCUT2D eigenvalue weighted by atomic mass is 10.2. The molecule has 0 fully saturated rings. The highest BCUT2D eigenvalue weighted by Gasteiger charge is 2.27. The Morgan fingerprint density at radius 3 is 2.77 bits per heavy atom. The largest absolute Gasteiger partial charge is 0.508 e. The Morgan fingerprint density at radius 2 is 2.04 bits per heavy atom. The molecule has 1 aromatic heterocycles. The zero-order valence-corrected chi connectivity index (χ0v) is 15.2. The molecule has 3 rings (SSSR count). The van der Waals surface area contributed by atoms with E-state index in [4.69, 9.17) is 5.11 Å². The van der Waals surface area contributed by atoms with Crippen LogP contribution in [0.4, 0.5) is 23.3 Å². The van der Waals surface area contributed by atoms with Crippen LogP contribution in [-0.2, 0) is 6.54 Å². The molecule has 1 aliphatic heterocycles. The van der Waals surface area contributed by atoms with Crippen LogP contribution >= 0.6 is 0 Å². The van der Waals surface area contributed by atoms with Crippen molar-refractivity contribution in [2.24, 2.45) is 0 Å². The molecule has 0 spiro atoms. The molecule has 1 aliphatic rings. The second-order valence-corrected chi connectivity index (χ2v) is 6.48. The number of aliphatic hydroxyl groups is 1. The number of fused-ring (bicyclic) bond motifs is 1. The second-order valence-electron chi connectivity index (χ2n) is 6.48. The lowest BCUT2D eigenvalue weighted by Crippen LogP contribution is -2.30. The number of hydrogen-bond acceptors (Lipinski definition) is 8. The molecule has 0 saturated heterocycles. The van der Waals surface area contributed by atoms with Gasteiger partial charge in [0.25, 0.3) is 0 Å². The van der Waals surface area contributed by atoms with E-state index in [0.717, 1.165) is 17.1 Å². The Kier molecular flexibility index (Phi) is 5.62. The van der Waals surface area contributed by atoms with Gasteiger partial charge in [0.1, 0.15) is 11.4 Å². The summed E-state index contributed by atoms with van der Waals surface area (Å²) in [5, 5.41) is 28.7. The molecule has 0 unspecified atom stereocenters. The van der Waals surface area contributed by atoms with Crippen LogP contribution < -0.4 is 20.9 Å². The SMILES string of the molecule is CC(C)N1CNc2c(NCc3ccccc3O)nc(NCCCO)nc21. The number of benzene rings is 1. The fraction of sp³-hybridized carbons (Fsp3) is 0.444. The summed E-state index contributed by atoms with van der Waals surface area (Å²) in [6.45, 7) is 6.08. The van der Waals surface area contributed by atoms with Crippen LogP contribution in [-0.4, -0.2) is 46.0 Å². The van der Waals surface area contributed by atoms with Gasteiger partial charge in [-0.3, -0.25) is 0 Å². The first-order valence-electron chi connectivity index (χ1n) is 8.88. The molecule has 0 bridgehead atoms. The van der Waals surface area contributed by atoms with Crippen molar-refractivity contribution in [2.45, 2.75) is 32.9 Å². The predicted molar refractivity (Wildman–Crippen MR) is 104 cm³/mol. The van der Waals surface area contributed by atoms with Crippen LogP contribution in [0, 0.1) is 0 Å². The van der Waals surface area contributed by atoms with Gasteiger partial charge in [-0.25, -0.2) is 0 Å². The maximum atomic E-state index is 9.96. The number of nitrogens with zero attached hydrogens (tertiary/aromatic N) is 3. The fourth-order valence-corrected chi connectivity index (χ4v) is 2.81. The van der Waals surface area contributed by atoms with Gasteiger partial charge in [-0.2, -0.15) is 9.97 Å². The summed E-state index contributed by atoms with van der Waals surface area (Å²) >= 11 is 0. The number of aromatic hydroxyl groups is 1. The van der Waals surface area contributed by atoms with Crippen LogP contribution in [0.1, 0.15) is 25.8 Å². The molecule has 1 aromatic carbocycles. The van der Waals surface area contributed by atoms with Crippen molar-refractivity contribution in [1.82, 2.24) is 9.97 Å². The zero-order chi connectivity index (χ0) is 18.5. The van der Waals surface area contributed by atoms with Crippen molar-refractivity contribution in [2.75, 3.05) is 40.7 Å².